The van der Waals surface area contributed by atoms with Crippen LogP contribution in [-0.2, 0) is 9.53 Å². The molecule has 6 heteroatoms. The molecule has 0 aromatic heterocycles. The third-order valence-corrected chi connectivity index (χ3v) is 3.36. The molecule has 0 unspecified atom stereocenters. The van der Waals surface area contributed by atoms with Crippen molar-refractivity contribution < 1.29 is 19.4 Å². The van der Waals surface area contributed by atoms with Crippen LogP contribution < -0.4 is 5.43 Å². The molecule has 1 aliphatic rings. The molecule has 1 aliphatic carbocycles. The summed E-state index contributed by atoms with van der Waals surface area (Å²) in [6.07, 6.45) is 4.47. The van der Waals surface area contributed by atoms with Crippen molar-refractivity contribution in [2.45, 2.75) is 77.5 Å². The zero-order chi connectivity index (χ0) is 15.3. The highest BCUT2D eigenvalue weighted by molar-refractivity contribution is 5.74. The van der Waals surface area contributed by atoms with Crippen molar-refractivity contribution >= 4 is 12.1 Å². The van der Waals surface area contributed by atoms with Gasteiger partial charge in [0.05, 0.1) is 0 Å². The molecule has 0 heterocycles. The average molecular weight is 286 g/mol. The maximum absolute atomic E-state index is 11.9. The monoisotopic (exact) mass is 286 g/mol. The molecule has 6 nitrogen and oxygen atoms in total. The second-order valence-corrected chi connectivity index (χ2v) is 6.33. The number of nitrogens with one attached hydrogen (secondary N) is 1. The van der Waals surface area contributed by atoms with Gasteiger partial charge >= 0.3 is 12.1 Å². The van der Waals surface area contributed by atoms with E-state index in [1.165, 1.54) is 5.01 Å². The maximum atomic E-state index is 11.9. The molecular formula is C14H26N2O4. The van der Waals surface area contributed by atoms with Gasteiger partial charge in [0, 0.05) is 6.04 Å². The highest BCUT2D eigenvalue weighted by Gasteiger charge is 2.31. The first-order valence-electron chi connectivity index (χ1n) is 7.21. The molecule has 1 rings (SSSR count). The number of carboxylic acid groups (broad SMARTS) is 1. The zero-order valence-electron chi connectivity index (χ0n) is 12.8. The first kappa shape index (κ1) is 16.8. The number of hydrogen-bond acceptors (Lipinski definition) is 4. The minimum atomic E-state index is -0.952. The van der Waals surface area contributed by atoms with E-state index < -0.39 is 23.7 Å². The lowest BCUT2D eigenvalue weighted by molar-refractivity contribution is -0.145. The highest BCUT2D eigenvalue weighted by Crippen LogP contribution is 2.23. The first-order valence-corrected chi connectivity index (χ1v) is 7.21. The van der Waals surface area contributed by atoms with Crippen LogP contribution in [0.3, 0.4) is 0 Å². The molecule has 0 radical (unpaired) electrons. The summed E-state index contributed by atoms with van der Waals surface area (Å²) in [6, 6.07) is -0.715. The lowest BCUT2D eigenvalue weighted by atomic mass is 9.94. The summed E-state index contributed by atoms with van der Waals surface area (Å²) in [4.78, 5) is 23.1. The lowest BCUT2D eigenvalue weighted by Gasteiger charge is -2.36. The van der Waals surface area contributed by atoms with Crippen LogP contribution in [0, 0.1) is 0 Å². The Bertz CT molecular complexity index is 346. The Hall–Kier alpha value is -1.30. The van der Waals surface area contributed by atoms with Crippen LogP contribution in [-0.4, -0.2) is 39.9 Å². The molecule has 0 bridgehead atoms. The second-order valence-electron chi connectivity index (χ2n) is 6.33. The van der Waals surface area contributed by atoms with E-state index in [0.29, 0.717) is 0 Å². The van der Waals surface area contributed by atoms with Gasteiger partial charge in [-0.3, -0.25) is 10.2 Å². The number of nitrogens with zero attached hydrogens (tertiary/aromatic N) is 1. The normalized spacial score (nSPS) is 18.6. The minimum absolute atomic E-state index is 0.0577. The Kier molecular flexibility index (Phi) is 5.80. The molecule has 0 aromatic carbocycles. The summed E-state index contributed by atoms with van der Waals surface area (Å²) < 4.78 is 5.20. The SMILES string of the molecule is C[C@@H](C(=O)O)N(NC(=O)OC(C)(C)C)C1CCCCC1. The van der Waals surface area contributed by atoms with Gasteiger partial charge in [-0.25, -0.2) is 9.80 Å². The summed E-state index contributed by atoms with van der Waals surface area (Å²) in [5.74, 6) is -0.952. The zero-order valence-corrected chi connectivity index (χ0v) is 12.8. The van der Waals surface area contributed by atoms with Crippen LogP contribution in [0.5, 0.6) is 0 Å². The van der Waals surface area contributed by atoms with Crippen molar-refractivity contribution in [3.05, 3.63) is 0 Å². The largest absolute Gasteiger partial charge is 0.480 e. The van der Waals surface area contributed by atoms with E-state index in [9.17, 15) is 14.7 Å². The number of aliphatic carboxylic acids is 1. The van der Waals surface area contributed by atoms with E-state index in [2.05, 4.69) is 5.43 Å². The van der Waals surface area contributed by atoms with E-state index in [1.54, 1.807) is 27.7 Å². The summed E-state index contributed by atoms with van der Waals surface area (Å²) in [6.45, 7) is 6.91. The molecule has 2 N–H and O–H groups in total. The third kappa shape index (κ3) is 5.36. The summed E-state index contributed by atoms with van der Waals surface area (Å²) in [7, 11) is 0. The van der Waals surface area contributed by atoms with Crippen LogP contribution in [0.4, 0.5) is 4.79 Å². The molecule has 0 spiro atoms. The topological polar surface area (TPSA) is 78.9 Å². The molecule has 0 aliphatic heterocycles. The molecule has 0 aromatic rings. The van der Waals surface area contributed by atoms with Crippen LogP contribution in [0.25, 0.3) is 0 Å². The first-order chi connectivity index (χ1) is 9.20. The smallest absolute Gasteiger partial charge is 0.422 e. The summed E-state index contributed by atoms with van der Waals surface area (Å²) in [5, 5.41) is 10.7. The molecule has 0 saturated heterocycles. The van der Waals surface area contributed by atoms with E-state index >= 15 is 0 Å². The number of carbonyl (C=O) groups excluding carboxylic acids is 1. The van der Waals surface area contributed by atoms with Crippen molar-refractivity contribution in [1.29, 1.82) is 0 Å². The number of rotatable bonds is 4. The standard InChI is InChI=1S/C14H26N2O4/c1-10(12(17)18)16(11-8-6-5-7-9-11)15-13(19)20-14(2,3)4/h10-11H,5-9H2,1-4H3,(H,15,19)(H,17,18)/t10-/m0/s1. The second kappa shape index (κ2) is 6.92. The van der Waals surface area contributed by atoms with Gasteiger partial charge in [0.25, 0.3) is 0 Å². The van der Waals surface area contributed by atoms with Crippen molar-refractivity contribution in [3.8, 4) is 0 Å². The van der Waals surface area contributed by atoms with Crippen molar-refractivity contribution in [1.82, 2.24) is 10.4 Å². The fraction of sp³-hybridized carbons (Fsp3) is 0.857. The van der Waals surface area contributed by atoms with Gasteiger partial charge in [-0.2, -0.15) is 0 Å². The van der Waals surface area contributed by atoms with E-state index in [4.69, 9.17) is 4.74 Å². The van der Waals surface area contributed by atoms with Crippen LogP contribution >= 0.6 is 0 Å². The van der Waals surface area contributed by atoms with Crippen LogP contribution in [0.2, 0.25) is 0 Å². The molecule has 1 amide bonds. The Morgan fingerprint density at radius 2 is 1.80 bits per heavy atom. The van der Waals surface area contributed by atoms with Gasteiger partial charge in [0.15, 0.2) is 0 Å². The number of ether oxygens (including phenoxy) is 1. The quantitative estimate of drug-likeness (QED) is 0.776. The Labute approximate surface area is 120 Å². The molecular weight excluding hydrogens is 260 g/mol. The number of hydrogen-bond donors (Lipinski definition) is 2. The number of carboxylic acids is 1. The van der Waals surface area contributed by atoms with E-state index in [1.807, 2.05) is 0 Å². The molecule has 1 atom stereocenters. The molecule has 20 heavy (non-hydrogen) atoms. The van der Waals surface area contributed by atoms with Crippen molar-refractivity contribution in [2.75, 3.05) is 0 Å². The van der Waals surface area contributed by atoms with Gasteiger partial charge in [-0.1, -0.05) is 19.3 Å². The minimum Gasteiger partial charge on any atom is -0.480 e. The fourth-order valence-corrected chi connectivity index (χ4v) is 2.39. The van der Waals surface area contributed by atoms with Crippen LogP contribution in [0.1, 0.15) is 59.8 Å². The van der Waals surface area contributed by atoms with E-state index in [-0.39, 0.29) is 6.04 Å². The van der Waals surface area contributed by atoms with Crippen LogP contribution in [0.15, 0.2) is 0 Å². The number of hydrazine groups is 1. The highest BCUT2D eigenvalue weighted by atomic mass is 16.6. The lowest BCUT2D eigenvalue weighted by Crippen LogP contribution is -2.56. The van der Waals surface area contributed by atoms with Crippen molar-refractivity contribution in [2.24, 2.45) is 0 Å². The third-order valence-electron chi connectivity index (χ3n) is 3.36. The maximum Gasteiger partial charge on any atom is 0.422 e. The summed E-state index contributed by atoms with van der Waals surface area (Å²) >= 11 is 0. The number of carbonyl (C=O) groups is 2. The number of amides is 1. The molecule has 1 fully saturated rings. The summed E-state index contributed by atoms with van der Waals surface area (Å²) in [5.41, 5.74) is 2.01. The Morgan fingerprint density at radius 3 is 2.25 bits per heavy atom. The van der Waals surface area contributed by atoms with Gasteiger partial charge in [-0.05, 0) is 40.5 Å². The van der Waals surface area contributed by atoms with Gasteiger partial charge in [0.1, 0.15) is 11.6 Å². The van der Waals surface area contributed by atoms with Crippen molar-refractivity contribution in [3.63, 3.8) is 0 Å². The molecule has 1 saturated carbocycles. The Balaban J connectivity index is 2.71. The van der Waals surface area contributed by atoms with Gasteiger partial charge < -0.3 is 9.84 Å². The fourth-order valence-electron chi connectivity index (χ4n) is 2.39. The van der Waals surface area contributed by atoms with Gasteiger partial charge in [-0.15, -0.1) is 0 Å². The van der Waals surface area contributed by atoms with Gasteiger partial charge in [0.2, 0.25) is 0 Å². The van der Waals surface area contributed by atoms with E-state index in [0.717, 1.165) is 32.1 Å². The molecule has 116 valence electrons. The predicted octanol–water partition coefficient (Wildman–Crippen LogP) is 2.53. The predicted molar refractivity (Wildman–Crippen MR) is 75.2 cm³/mol. The Morgan fingerprint density at radius 1 is 1.25 bits per heavy atom. The average Bonchev–Trinajstić information content (AvgIpc) is 2.34.